The van der Waals surface area contributed by atoms with Crippen LogP contribution in [0, 0.1) is 0 Å². The van der Waals surface area contributed by atoms with E-state index in [1.807, 2.05) is 18.3 Å². The van der Waals surface area contributed by atoms with Crippen molar-refractivity contribution in [2.75, 3.05) is 51.8 Å². The highest BCUT2D eigenvalue weighted by atomic mass is 16.5. The minimum atomic E-state index is 0.592. The summed E-state index contributed by atoms with van der Waals surface area (Å²) in [6, 6.07) is 2.10. The largest absolute Gasteiger partial charge is 0.381 e. The molecule has 0 bridgehead atoms. The smallest absolute Gasteiger partial charge is 0.164 e. The monoisotopic (exact) mass is 299 g/mol. The number of rotatable bonds is 4. The number of pyridine rings is 1. The van der Waals surface area contributed by atoms with Crippen LogP contribution in [0.1, 0.15) is 5.56 Å². The molecule has 0 unspecified atom stereocenters. The lowest BCUT2D eigenvalue weighted by molar-refractivity contribution is 0.234. The normalized spacial score (nSPS) is 16.7. The molecule has 0 spiro atoms. The second-order valence-electron chi connectivity index (χ2n) is 5.49. The highest BCUT2D eigenvalue weighted by molar-refractivity contribution is 5.88. The number of piperazine rings is 1. The van der Waals surface area contributed by atoms with Crippen molar-refractivity contribution < 1.29 is 4.74 Å². The van der Waals surface area contributed by atoms with Gasteiger partial charge in [0.25, 0.3) is 0 Å². The highest BCUT2D eigenvalue weighted by Crippen LogP contribution is 2.23. The third kappa shape index (κ3) is 3.23. The van der Waals surface area contributed by atoms with Gasteiger partial charge in [-0.05, 0) is 18.7 Å². The number of likely N-dealkylation sites (N-methyl/N-ethyl adjacent to an activating group) is 1. The van der Waals surface area contributed by atoms with Crippen LogP contribution in [0.4, 0.5) is 5.82 Å². The second-order valence-corrected chi connectivity index (χ2v) is 5.49. The number of nitrogens with zero attached hydrogens (tertiary/aromatic N) is 5. The molecule has 0 radical (unpaired) electrons. The van der Waals surface area contributed by atoms with Crippen molar-refractivity contribution in [2.24, 2.45) is 0 Å². The van der Waals surface area contributed by atoms with Gasteiger partial charge in [-0.2, -0.15) is 0 Å². The van der Waals surface area contributed by atoms with E-state index in [4.69, 9.17) is 4.74 Å². The predicted octanol–water partition coefficient (Wildman–Crippen LogP) is 1.44. The van der Waals surface area contributed by atoms with Crippen LogP contribution in [0.25, 0.3) is 17.1 Å². The van der Waals surface area contributed by atoms with E-state index in [-0.39, 0.29) is 0 Å². The van der Waals surface area contributed by atoms with Gasteiger partial charge < -0.3 is 14.5 Å². The lowest BCUT2D eigenvalue weighted by Gasteiger charge is -2.33. The van der Waals surface area contributed by atoms with E-state index >= 15 is 0 Å². The molecule has 2 aromatic heterocycles. The summed E-state index contributed by atoms with van der Waals surface area (Å²) in [5.74, 6) is 0.979. The Kier molecular flexibility index (Phi) is 4.60. The molecule has 1 aliphatic heterocycles. The Morgan fingerprint density at radius 2 is 2.00 bits per heavy atom. The van der Waals surface area contributed by atoms with Crippen LogP contribution in [-0.4, -0.2) is 66.8 Å². The first kappa shape index (κ1) is 14.9. The Hall–Kier alpha value is -2.05. The van der Waals surface area contributed by atoms with E-state index in [2.05, 4.69) is 37.9 Å². The minimum absolute atomic E-state index is 0.592. The van der Waals surface area contributed by atoms with Gasteiger partial charge in [0.05, 0.1) is 12.0 Å². The van der Waals surface area contributed by atoms with E-state index < -0.39 is 0 Å². The molecule has 0 N–H and O–H groups in total. The van der Waals surface area contributed by atoms with Crippen molar-refractivity contribution in [3.05, 3.63) is 30.2 Å². The maximum Gasteiger partial charge on any atom is 0.164 e. The third-order valence-corrected chi connectivity index (χ3v) is 3.86. The van der Waals surface area contributed by atoms with Gasteiger partial charge in [-0.15, -0.1) is 0 Å². The second kappa shape index (κ2) is 6.81. The zero-order chi connectivity index (χ0) is 15.4. The van der Waals surface area contributed by atoms with Crippen molar-refractivity contribution >= 4 is 22.9 Å². The summed E-state index contributed by atoms with van der Waals surface area (Å²) in [4.78, 5) is 17.9. The van der Waals surface area contributed by atoms with Gasteiger partial charge in [-0.3, -0.25) is 0 Å². The van der Waals surface area contributed by atoms with Crippen LogP contribution in [0.15, 0.2) is 24.7 Å². The van der Waals surface area contributed by atoms with Crippen molar-refractivity contribution in [3.8, 4) is 0 Å². The molecule has 116 valence electrons. The zero-order valence-corrected chi connectivity index (χ0v) is 13.1. The maximum absolute atomic E-state index is 5.04. The van der Waals surface area contributed by atoms with E-state index in [1.165, 1.54) is 0 Å². The fraction of sp³-hybridized carbons (Fsp3) is 0.438. The first-order valence-electron chi connectivity index (χ1n) is 7.47. The number of fused-ring (bicyclic) bond motifs is 1. The Morgan fingerprint density at radius 1 is 1.18 bits per heavy atom. The molecule has 1 fully saturated rings. The van der Waals surface area contributed by atoms with Crippen molar-refractivity contribution in [3.63, 3.8) is 0 Å². The number of anilines is 1. The minimum Gasteiger partial charge on any atom is -0.381 e. The highest BCUT2D eigenvalue weighted by Gasteiger charge is 2.18. The summed E-state index contributed by atoms with van der Waals surface area (Å²) < 4.78 is 5.04. The summed E-state index contributed by atoms with van der Waals surface area (Å²) in [6.45, 7) is 4.64. The van der Waals surface area contributed by atoms with Gasteiger partial charge in [0.2, 0.25) is 0 Å². The quantitative estimate of drug-likeness (QED) is 0.851. The van der Waals surface area contributed by atoms with Crippen LogP contribution in [0.2, 0.25) is 0 Å². The van der Waals surface area contributed by atoms with Gasteiger partial charge in [-0.25, -0.2) is 15.0 Å². The van der Waals surface area contributed by atoms with E-state index in [1.54, 1.807) is 13.4 Å². The lowest BCUT2D eigenvalue weighted by atomic mass is 10.2. The van der Waals surface area contributed by atoms with Crippen molar-refractivity contribution in [2.45, 2.75) is 0 Å². The van der Waals surface area contributed by atoms with Gasteiger partial charge in [0, 0.05) is 39.5 Å². The van der Waals surface area contributed by atoms with Crippen LogP contribution < -0.4 is 4.90 Å². The molecule has 6 nitrogen and oxygen atoms in total. The average molecular weight is 299 g/mol. The summed E-state index contributed by atoms with van der Waals surface area (Å²) in [6.07, 6.45) is 7.41. The molecule has 0 atom stereocenters. The molecule has 3 rings (SSSR count). The predicted molar refractivity (Wildman–Crippen MR) is 88.0 cm³/mol. The number of aromatic nitrogens is 3. The van der Waals surface area contributed by atoms with Crippen LogP contribution in [-0.2, 0) is 4.74 Å². The fourth-order valence-corrected chi connectivity index (χ4v) is 2.59. The topological polar surface area (TPSA) is 54.4 Å². The number of methoxy groups -OCH3 is 1. The first-order valence-corrected chi connectivity index (χ1v) is 7.47. The molecule has 0 aliphatic carbocycles. The van der Waals surface area contributed by atoms with Gasteiger partial charge in [0.15, 0.2) is 5.65 Å². The molecule has 3 heterocycles. The summed E-state index contributed by atoms with van der Waals surface area (Å²) in [5, 5.41) is 1.01. The average Bonchev–Trinajstić information content (AvgIpc) is 2.55. The Bertz CT molecular complexity index is 665. The third-order valence-electron chi connectivity index (χ3n) is 3.86. The van der Waals surface area contributed by atoms with Crippen molar-refractivity contribution in [1.82, 2.24) is 19.9 Å². The lowest BCUT2D eigenvalue weighted by Crippen LogP contribution is -2.44. The van der Waals surface area contributed by atoms with E-state index in [0.717, 1.165) is 48.6 Å². The number of ether oxygens (including phenoxy) is 1. The molecule has 6 heteroatoms. The van der Waals surface area contributed by atoms with Gasteiger partial charge in [-0.1, -0.05) is 12.2 Å². The standard InChI is InChI=1S/C16H21N5O/c1-20-5-7-21(8-6-20)16-14-10-13(4-3-9-22-2)11-17-15(14)18-12-19-16/h3-4,10-12H,5-9H2,1-2H3/b4-3+. The van der Waals surface area contributed by atoms with Crippen LogP contribution in [0.5, 0.6) is 0 Å². The molecule has 0 aromatic carbocycles. The van der Waals surface area contributed by atoms with Crippen molar-refractivity contribution in [1.29, 1.82) is 0 Å². The summed E-state index contributed by atoms with van der Waals surface area (Å²) >= 11 is 0. The fourth-order valence-electron chi connectivity index (χ4n) is 2.59. The Labute approximate surface area is 130 Å². The van der Waals surface area contributed by atoms with Crippen LogP contribution in [0.3, 0.4) is 0 Å². The summed E-state index contributed by atoms with van der Waals surface area (Å²) in [5.41, 5.74) is 1.78. The Balaban J connectivity index is 1.93. The van der Waals surface area contributed by atoms with Crippen LogP contribution >= 0.6 is 0 Å². The van der Waals surface area contributed by atoms with Gasteiger partial charge in [0.1, 0.15) is 12.1 Å². The Morgan fingerprint density at radius 3 is 2.77 bits per heavy atom. The molecule has 1 aliphatic rings. The molecular weight excluding hydrogens is 278 g/mol. The van der Waals surface area contributed by atoms with Gasteiger partial charge >= 0.3 is 0 Å². The molecule has 1 saturated heterocycles. The summed E-state index contributed by atoms with van der Waals surface area (Å²) in [7, 11) is 3.83. The van der Waals surface area contributed by atoms with E-state index in [0.29, 0.717) is 6.61 Å². The first-order chi connectivity index (χ1) is 10.8. The molecule has 0 amide bonds. The number of hydrogen-bond acceptors (Lipinski definition) is 6. The maximum atomic E-state index is 5.04. The molecule has 0 saturated carbocycles. The zero-order valence-electron chi connectivity index (χ0n) is 13.1. The van der Waals surface area contributed by atoms with E-state index in [9.17, 15) is 0 Å². The molecule has 2 aromatic rings. The SMILES string of the molecule is COC/C=C/c1cnc2ncnc(N3CCN(C)CC3)c2c1. The molecular formula is C16H21N5O. The molecule has 22 heavy (non-hydrogen) atoms. The number of hydrogen-bond donors (Lipinski definition) is 0.